The van der Waals surface area contributed by atoms with Crippen molar-refractivity contribution >= 4 is 22.6 Å². The lowest BCUT2D eigenvalue weighted by molar-refractivity contribution is 0.530. The minimum absolute atomic E-state index is 0.280. The third-order valence-corrected chi connectivity index (χ3v) is 4.19. The number of rotatable bonds is 3. The fraction of sp³-hybridized carbons (Fsp3) is 0.278. The Kier molecular flexibility index (Phi) is 3.45. The van der Waals surface area contributed by atoms with Crippen LogP contribution in [0.1, 0.15) is 36.6 Å². The van der Waals surface area contributed by atoms with Crippen molar-refractivity contribution in [2.75, 3.05) is 6.54 Å². The van der Waals surface area contributed by atoms with Crippen LogP contribution in [0.3, 0.4) is 0 Å². The van der Waals surface area contributed by atoms with E-state index in [1.54, 1.807) is 6.20 Å². The van der Waals surface area contributed by atoms with Gasteiger partial charge in [0, 0.05) is 29.6 Å². The van der Waals surface area contributed by atoms with E-state index in [0.29, 0.717) is 6.54 Å². The van der Waals surface area contributed by atoms with E-state index in [4.69, 9.17) is 4.99 Å². The molecule has 6 nitrogen and oxygen atoms in total. The van der Waals surface area contributed by atoms with Crippen LogP contribution < -0.4 is 0 Å². The zero-order valence-corrected chi connectivity index (χ0v) is 13.9. The van der Waals surface area contributed by atoms with E-state index in [9.17, 15) is 0 Å². The minimum Gasteiger partial charge on any atom is -0.264 e. The molecule has 0 atom stereocenters. The maximum Gasteiger partial charge on any atom is 0.155 e. The molecule has 0 saturated heterocycles. The molecule has 0 aliphatic carbocycles. The second-order valence-electron chi connectivity index (χ2n) is 6.22. The van der Waals surface area contributed by atoms with Crippen molar-refractivity contribution in [3.05, 3.63) is 53.3 Å². The van der Waals surface area contributed by atoms with E-state index in [2.05, 4.69) is 41.1 Å². The van der Waals surface area contributed by atoms with Gasteiger partial charge in [0.1, 0.15) is 5.52 Å². The Morgan fingerprint density at radius 1 is 1.17 bits per heavy atom. The molecule has 120 valence electrons. The average Bonchev–Trinajstić information content (AvgIpc) is 3.21. The average molecular weight is 318 g/mol. The molecule has 0 saturated carbocycles. The molecule has 24 heavy (non-hydrogen) atoms. The lowest BCUT2D eigenvalue weighted by Gasteiger charge is -2.05. The number of amidine groups is 1. The molecule has 1 aliphatic rings. The normalized spacial score (nSPS) is 14.3. The molecular weight excluding hydrogens is 300 g/mol. The third kappa shape index (κ3) is 2.40. The number of aromatic nitrogens is 4. The number of pyridine rings is 1. The Morgan fingerprint density at radius 2 is 2.04 bits per heavy atom. The molecular formula is C18H18N6. The topological polar surface area (TPSA) is 68.3 Å². The highest BCUT2D eigenvalue weighted by Gasteiger charge is 2.17. The van der Waals surface area contributed by atoms with Gasteiger partial charge in [-0.1, -0.05) is 5.21 Å². The molecule has 0 radical (unpaired) electrons. The SMILES string of the molecule is Cc1ccncc1C1=NC(c2ccc3c(c2)nnn3C(C)C)=NC1. The summed E-state index contributed by atoms with van der Waals surface area (Å²) in [5.74, 6) is 0.745. The molecule has 3 heterocycles. The molecule has 6 heteroatoms. The van der Waals surface area contributed by atoms with Crippen molar-refractivity contribution in [3.8, 4) is 0 Å². The van der Waals surface area contributed by atoms with Gasteiger partial charge in [-0.05, 0) is 50.6 Å². The lowest BCUT2D eigenvalue weighted by atomic mass is 10.1. The van der Waals surface area contributed by atoms with Gasteiger partial charge in [-0.15, -0.1) is 5.10 Å². The summed E-state index contributed by atoms with van der Waals surface area (Å²) in [5.41, 5.74) is 6.04. The number of hydrogen-bond acceptors (Lipinski definition) is 5. The first-order chi connectivity index (χ1) is 11.6. The van der Waals surface area contributed by atoms with Crippen LogP contribution in [0.2, 0.25) is 0 Å². The number of hydrogen-bond donors (Lipinski definition) is 0. The van der Waals surface area contributed by atoms with Crippen LogP contribution in [-0.4, -0.2) is 38.1 Å². The maximum absolute atomic E-state index is 4.71. The van der Waals surface area contributed by atoms with Crippen molar-refractivity contribution in [2.45, 2.75) is 26.8 Å². The quantitative estimate of drug-likeness (QED) is 0.745. The van der Waals surface area contributed by atoms with Gasteiger partial charge in [-0.3, -0.25) is 9.98 Å². The Labute approximate surface area is 140 Å². The van der Waals surface area contributed by atoms with E-state index >= 15 is 0 Å². The Balaban J connectivity index is 1.70. The van der Waals surface area contributed by atoms with Crippen LogP contribution in [-0.2, 0) is 0 Å². The molecule has 0 amide bonds. The van der Waals surface area contributed by atoms with Gasteiger partial charge >= 0.3 is 0 Å². The van der Waals surface area contributed by atoms with E-state index in [-0.39, 0.29) is 6.04 Å². The largest absolute Gasteiger partial charge is 0.264 e. The van der Waals surface area contributed by atoms with Gasteiger partial charge in [-0.2, -0.15) is 0 Å². The zero-order valence-electron chi connectivity index (χ0n) is 13.9. The van der Waals surface area contributed by atoms with Crippen LogP contribution in [0.15, 0.2) is 46.6 Å². The molecule has 0 bridgehead atoms. The number of aliphatic imine (C=N–C) groups is 2. The first kappa shape index (κ1) is 14.7. The van der Waals surface area contributed by atoms with E-state index in [0.717, 1.165) is 39.3 Å². The summed E-state index contributed by atoms with van der Waals surface area (Å²) in [7, 11) is 0. The fourth-order valence-electron chi connectivity index (χ4n) is 2.88. The van der Waals surface area contributed by atoms with E-state index < -0.39 is 0 Å². The first-order valence-corrected chi connectivity index (χ1v) is 8.02. The molecule has 1 aromatic carbocycles. The highest BCUT2D eigenvalue weighted by Crippen LogP contribution is 2.20. The van der Waals surface area contributed by atoms with Crippen molar-refractivity contribution in [1.82, 2.24) is 20.0 Å². The molecule has 0 fully saturated rings. The molecule has 0 N–H and O–H groups in total. The van der Waals surface area contributed by atoms with E-state index in [1.807, 2.05) is 35.1 Å². The lowest BCUT2D eigenvalue weighted by Crippen LogP contribution is -2.05. The van der Waals surface area contributed by atoms with Crippen molar-refractivity contribution in [3.63, 3.8) is 0 Å². The molecule has 4 rings (SSSR count). The number of nitrogens with zero attached hydrogens (tertiary/aromatic N) is 6. The molecule has 3 aromatic rings. The second kappa shape index (κ2) is 5.63. The van der Waals surface area contributed by atoms with Crippen LogP contribution in [0, 0.1) is 6.92 Å². The van der Waals surface area contributed by atoms with Gasteiger partial charge in [-0.25, -0.2) is 9.67 Å². The van der Waals surface area contributed by atoms with Crippen molar-refractivity contribution < 1.29 is 0 Å². The highest BCUT2D eigenvalue weighted by molar-refractivity contribution is 6.18. The first-order valence-electron chi connectivity index (χ1n) is 8.02. The van der Waals surface area contributed by atoms with Crippen LogP contribution >= 0.6 is 0 Å². The summed E-state index contributed by atoms with van der Waals surface area (Å²) >= 11 is 0. The van der Waals surface area contributed by atoms with E-state index in [1.165, 1.54) is 0 Å². The predicted molar refractivity (Wildman–Crippen MR) is 94.8 cm³/mol. The number of fused-ring (bicyclic) bond motifs is 1. The molecule has 1 aliphatic heterocycles. The Hall–Kier alpha value is -2.89. The monoisotopic (exact) mass is 318 g/mol. The third-order valence-electron chi connectivity index (χ3n) is 4.19. The van der Waals surface area contributed by atoms with Crippen molar-refractivity contribution in [2.24, 2.45) is 9.98 Å². The van der Waals surface area contributed by atoms with Gasteiger partial charge < -0.3 is 0 Å². The summed E-state index contributed by atoms with van der Waals surface area (Å²) < 4.78 is 1.92. The Morgan fingerprint density at radius 3 is 2.83 bits per heavy atom. The van der Waals surface area contributed by atoms with Crippen LogP contribution in [0.25, 0.3) is 11.0 Å². The minimum atomic E-state index is 0.280. The van der Waals surface area contributed by atoms with Gasteiger partial charge in [0.2, 0.25) is 0 Å². The zero-order chi connectivity index (χ0) is 16.7. The number of benzene rings is 1. The summed E-state index contributed by atoms with van der Waals surface area (Å²) in [6.07, 6.45) is 3.64. The van der Waals surface area contributed by atoms with Gasteiger partial charge in [0.25, 0.3) is 0 Å². The standard InChI is InChI=1S/C18H18N6/c1-11(2)24-17-5-4-13(8-15(17)22-23-24)18-20-10-16(21-18)14-9-19-7-6-12(14)3/h4-9,11H,10H2,1-3H3. The predicted octanol–water partition coefficient (Wildman–Crippen LogP) is 2.97. The summed E-state index contributed by atoms with van der Waals surface area (Å²) in [4.78, 5) is 13.5. The highest BCUT2D eigenvalue weighted by atomic mass is 15.4. The van der Waals surface area contributed by atoms with Crippen LogP contribution in [0.5, 0.6) is 0 Å². The Bertz CT molecular complexity index is 980. The molecule has 2 aromatic heterocycles. The van der Waals surface area contributed by atoms with Gasteiger partial charge in [0.05, 0.1) is 17.8 Å². The van der Waals surface area contributed by atoms with Gasteiger partial charge in [0.15, 0.2) is 5.84 Å². The maximum atomic E-state index is 4.71. The van der Waals surface area contributed by atoms with Crippen molar-refractivity contribution in [1.29, 1.82) is 0 Å². The number of aryl methyl sites for hydroxylation is 1. The summed E-state index contributed by atoms with van der Waals surface area (Å²) in [5, 5.41) is 8.48. The fourth-order valence-corrected chi connectivity index (χ4v) is 2.88. The smallest absolute Gasteiger partial charge is 0.155 e. The summed E-state index contributed by atoms with van der Waals surface area (Å²) in [6, 6.07) is 8.35. The molecule has 0 unspecified atom stereocenters. The second-order valence-corrected chi connectivity index (χ2v) is 6.22. The molecule has 0 spiro atoms. The summed E-state index contributed by atoms with van der Waals surface area (Å²) in [6.45, 7) is 6.83. The van der Waals surface area contributed by atoms with Crippen LogP contribution in [0.4, 0.5) is 0 Å².